The Morgan fingerprint density at radius 3 is 2.76 bits per heavy atom. The van der Waals surface area contributed by atoms with Crippen molar-refractivity contribution in [3.8, 4) is 0 Å². The minimum atomic E-state index is -0.689. The van der Waals surface area contributed by atoms with E-state index in [1.54, 1.807) is 18.2 Å². The van der Waals surface area contributed by atoms with E-state index in [-0.39, 0.29) is 18.4 Å². The molecular formula is C15H23N3O3. The number of benzene rings is 1. The van der Waals surface area contributed by atoms with Crippen molar-refractivity contribution in [1.82, 2.24) is 10.6 Å². The van der Waals surface area contributed by atoms with Crippen molar-refractivity contribution in [3.05, 3.63) is 35.4 Å². The fourth-order valence-electron chi connectivity index (χ4n) is 1.74. The summed E-state index contributed by atoms with van der Waals surface area (Å²) in [4.78, 5) is 23.5. The van der Waals surface area contributed by atoms with Crippen LogP contribution >= 0.6 is 0 Å². The predicted molar refractivity (Wildman–Crippen MR) is 80.8 cm³/mol. The molecule has 6 nitrogen and oxygen atoms in total. The zero-order valence-electron chi connectivity index (χ0n) is 12.5. The number of hydrogen-bond acceptors (Lipinski definition) is 4. The maximum Gasteiger partial charge on any atom is 0.251 e. The molecule has 0 aliphatic rings. The number of rotatable bonds is 8. The topological polar surface area (TPSA) is 93.5 Å². The third-order valence-corrected chi connectivity index (χ3v) is 2.87. The molecule has 0 fully saturated rings. The summed E-state index contributed by atoms with van der Waals surface area (Å²) in [5.41, 5.74) is 7.05. The van der Waals surface area contributed by atoms with Gasteiger partial charge in [0.2, 0.25) is 5.91 Å². The van der Waals surface area contributed by atoms with Gasteiger partial charge < -0.3 is 21.1 Å². The fourth-order valence-corrected chi connectivity index (χ4v) is 1.74. The highest BCUT2D eigenvalue weighted by Gasteiger charge is 2.12. The van der Waals surface area contributed by atoms with Crippen LogP contribution in [0.4, 0.5) is 0 Å². The second-order valence-corrected chi connectivity index (χ2v) is 4.74. The lowest BCUT2D eigenvalue weighted by molar-refractivity contribution is -0.123. The molecule has 21 heavy (non-hydrogen) atoms. The largest absolute Gasteiger partial charge is 0.383 e. The second kappa shape index (κ2) is 9.10. The normalized spacial score (nSPS) is 11.8. The van der Waals surface area contributed by atoms with Crippen LogP contribution in [0, 0.1) is 0 Å². The van der Waals surface area contributed by atoms with Crippen LogP contribution in [0.1, 0.15) is 29.3 Å². The predicted octanol–water partition coefficient (Wildman–Crippen LogP) is 0.416. The Bertz CT molecular complexity index is 477. The lowest BCUT2D eigenvalue weighted by Gasteiger charge is -2.11. The first-order valence-corrected chi connectivity index (χ1v) is 6.97. The number of nitrogens with two attached hydrogens (primary N) is 1. The Kier molecular flexibility index (Phi) is 7.42. The quantitative estimate of drug-likeness (QED) is 0.647. The Labute approximate surface area is 125 Å². The SMILES string of the molecule is CCCNC(=O)c1cccc(CNC(=O)C(N)COC)c1. The van der Waals surface area contributed by atoms with Crippen LogP contribution in [0.5, 0.6) is 0 Å². The van der Waals surface area contributed by atoms with Crippen molar-refractivity contribution in [2.24, 2.45) is 5.73 Å². The summed E-state index contributed by atoms with van der Waals surface area (Å²) in [7, 11) is 1.49. The summed E-state index contributed by atoms with van der Waals surface area (Å²) >= 11 is 0. The summed E-state index contributed by atoms with van der Waals surface area (Å²) in [6.45, 7) is 3.14. The summed E-state index contributed by atoms with van der Waals surface area (Å²) in [6, 6.07) is 6.45. The lowest BCUT2D eigenvalue weighted by Crippen LogP contribution is -2.43. The van der Waals surface area contributed by atoms with Crippen molar-refractivity contribution in [2.75, 3.05) is 20.3 Å². The molecule has 0 aliphatic carbocycles. The Morgan fingerprint density at radius 1 is 1.33 bits per heavy atom. The van der Waals surface area contributed by atoms with Gasteiger partial charge in [-0.15, -0.1) is 0 Å². The minimum absolute atomic E-state index is 0.110. The molecule has 0 heterocycles. The molecule has 1 unspecified atom stereocenters. The fraction of sp³-hybridized carbons (Fsp3) is 0.467. The van der Waals surface area contributed by atoms with Crippen LogP contribution < -0.4 is 16.4 Å². The van der Waals surface area contributed by atoms with Crippen molar-refractivity contribution in [1.29, 1.82) is 0 Å². The maximum atomic E-state index is 11.9. The molecule has 2 amide bonds. The van der Waals surface area contributed by atoms with Gasteiger partial charge in [0.05, 0.1) is 6.61 Å². The molecule has 1 atom stereocenters. The molecule has 0 saturated carbocycles. The molecule has 4 N–H and O–H groups in total. The van der Waals surface area contributed by atoms with Crippen molar-refractivity contribution < 1.29 is 14.3 Å². The number of carbonyl (C=O) groups excluding carboxylic acids is 2. The number of amides is 2. The van der Waals surface area contributed by atoms with E-state index in [1.807, 2.05) is 13.0 Å². The van der Waals surface area contributed by atoms with Gasteiger partial charge in [-0.05, 0) is 24.1 Å². The van der Waals surface area contributed by atoms with E-state index in [0.29, 0.717) is 18.7 Å². The van der Waals surface area contributed by atoms with Crippen LogP contribution in [0.3, 0.4) is 0 Å². The van der Waals surface area contributed by atoms with Crippen molar-refractivity contribution in [3.63, 3.8) is 0 Å². The van der Waals surface area contributed by atoms with Gasteiger partial charge in [0.15, 0.2) is 0 Å². The van der Waals surface area contributed by atoms with Gasteiger partial charge in [-0.1, -0.05) is 19.1 Å². The lowest BCUT2D eigenvalue weighted by atomic mass is 10.1. The number of hydrogen-bond donors (Lipinski definition) is 3. The zero-order valence-corrected chi connectivity index (χ0v) is 12.5. The molecule has 0 spiro atoms. The minimum Gasteiger partial charge on any atom is -0.383 e. The highest BCUT2D eigenvalue weighted by Crippen LogP contribution is 2.05. The molecule has 1 aromatic rings. The van der Waals surface area contributed by atoms with Gasteiger partial charge in [0.1, 0.15) is 6.04 Å². The molecule has 116 valence electrons. The van der Waals surface area contributed by atoms with Crippen molar-refractivity contribution in [2.45, 2.75) is 25.9 Å². The second-order valence-electron chi connectivity index (χ2n) is 4.74. The van der Waals surface area contributed by atoms with Gasteiger partial charge in [-0.25, -0.2) is 0 Å². The maximum absolute atomic E-state index is 11.9. The Morgan fingerprint density at radius 2 is 2.10 bits per heavy atom. The van der Waals surface area contributed by atoms with E-state index in [4.69, 9.17) is 10.5 Å². The Hall–Kier alpha value is -1.92. The molecule has 6 heteroatoms. The molecule has 0 radical (unpaired) electrons. The van der Waals surface area contributed by atoms with Gasteiger partial charge in [0, 0.05) is 25.8 Å². The molecule has 0 aliphatic heterocycles. The molecule has 0 bridgehead atoms. The van der Waals surface area contributed by atoms with E-state index < -0.39 is 6.04 Å². The number of carbonyl (C=O) groups is 2. The van der Waals surface area contributed by atoms with Crippen LogP contribution in [-0.2, 0) is 16.1 Å². The van der Waals surface area contributed by atoms with Crippen molar-refractivity contribution >= 4 is 11.8 Å². The average molecular weight is 293 g/mol. The third kappa shape index (κ3) is 5.93. The van der Waals surface area contributed by atoms with Gasteiger partial charge in [-0.2, -0.15) is 0 Å². The highest BCUT2D eigenvalue weighted by atomic mass is 16.5. The first kappa shape index (κ1) is 17.1. The van der Waals surface area contributed by atoms with E-state index in [9.17, 15) is 9.59 Å². The Balaban J connectivity index is 2.56. The average Bonchev–Trinajstić information content (AvgIpc) is 2.50. The van der Waals surface area contributed by atoms with E-state index in [0.717, 1.165) is 12.0 Å². The molecule has 0 saturated heterocycles. The summed E-state index contributed by atoms with van der Waals surface area (Å²) in [6.07, 6.45) is 0.888. The number of nitrogens with one attached hydrogen (secondary N) is 2. The smallest absolute Gasteiger partial charge is 0.251 e. The monoisotopic (exact) mass is 293 g/mol. The summed E-state index contributed by atoms with van der Waals surface area (Å²) in [5.74, 6) is -0.390. The first-order valence-electron chi connectivity index (χ1n) is 6.97. The highest BCUT2D eigenvalue weighted by molar-refractivity contribution is 5.94. The van der Waals surface area contributed by atoms with E-state index >= 15 is 0 Å². The van der Waals surface area contributed by atoms with Crippen LogP contribution in [0.2, 0.25) is 0 Å². The summed E-state index contributed by atoms with van der Waals surface area (Å²) in [5, 5.41) is 5.53. The molecule has 1 rings (SSSR count). The zero-order chi connectivity index (χ0) is 15.7. The summed E-state index contributed by atoms with van der Waals surface area (Å²) < 4.78 is 4.83. The molecule has 0 aromatic heterocycles. The van der Waals surface area contributed by atoms with Gasteiger partial charge >= 0.3 is 0 Å². The van der Waals surface area contributed by atoms with E-state index in [1.165, 1.54) is 7.11 Å². The third-order valence-electron chi connectivity index (χ3n) is 2.87. The standard InChI is InChI=1S/C15H23N3O3/c1-3-7-17-14(19)12-6-4-5-11(8-12)9-18-15(20)13(16)10-21-2/h4-6,8,13H,3,7,9-10,16H2,1-2H3,(H,17,19)(H,18,20). The first-order chi connectivity index (χ1) is 10.1. The van der Waals surface area contributed by atoms with Gasteiger partial charge in [0.25, 0.3) is 5.91 Å². The van der Waals surface area contributed by atoms with Crippen LogP contribution in [0.25, 0.3) is 0 Å². The van der Waals surface area contributed by atoms with E-state index in [2.05, 4.69) is 10.6 Å². The van der Waals surface area contributed by atoms with Crippen LogP contribution in [-0.4, -0.2) is 38.1 Å². The molecular weight excluding hydrogens is 270 g/mol. The number of methoxy groups -OCH3 is 1. The number of ether oxygens (including phenoxy) is 1. The van der Waals surface area contributed by atoms with Gasteiger partial charge in [-0.3, -0.25) is 9.59 Å². The van der Waals surface area contributed by atoms with Crippen LogP contribution in [0.15, 0.2) is 24.3 Å². The molecule has 1 aromatic carbocycles.